The molecular weight excluding hydrogens is 382 g/mol. The molecule has 0 N–H and O–H groups in total. The summed E-state index contributed by atoms with van der Waals surface area (Å²) in [5.41, 5.74) is 0.140. The Hall–Kier alpha value is -0.910. The minimum Gasteiger partial charge on any atom is -0.430 e. The first-order valence-electron chi connectivity index (χ1n) is 7.84. The lowest BCUT2D eigenvalue weighted by atomic mass is 9.91. The number of ether oxygens (including phenoxy) is 1. The van der Waals surface area contributed by atoms with Crippen LogP contribution in [-0.4, -0.2) is 34.5 Å². The first-order valence-corrected chi connectivity index (χ1v) is 9.14. The van der Waals surface area contributed by atoms with Crippen molar-refractivity contribution in [1.29, 1.82) is 0 Å². The SMILES string of the molecule is O=CCCC(Br)C1CCN(C(OC(=O)Cl)c2ccccc2)CC1. The van der Waals surface area contributed by atoms with Gasteiger partial charge in [0.2, 0.25) is 0 Å². The summed E-state index contributed by atoms with van der Waals surface area (Å²) in [7, 11) is 0. The standard InChI is InChI=1S/C17H21BrClNO3/c18-15(7-4-12-21)13-8-10-20(11-9-13)16(23-17(19)22)14-5-2-1-3-6-14/h1-3,5-6,12-13,15-16H,4,7-11H2. The molecule has 126 valence electrons. The van der Waals surface area contributed by atoms with Crippen molar-refractivity contribution in [3.8, 4) is 0 Å². The van der Waals surface area contributed by atoms with Gasteiger partial charge in [-0.15, -0.1) is 0 Å². The second-order valence-electron chi connectivity index (χ2n) is 5.75. The van der Waals surface area contributed by atoms with Crippen molar-refractivity contribution in [2.45, 2.75) is 36.7 Å². The zero-order valence-corrected chi connectivity index (χ0v) is 15.2. The van der Waals surface area contributed by atoms with Crippen LogP contribution < -0.4 is 0 Å². The number of hydrogen-bond donors (Lipinski definition) is 0. The van der Waals surface area contributed by atoms with Gasteiger partial charge in [0.05, 0.1) is 0 Å². The Morgan fingerprint density at radius 3 is 2.57 bits per heavy atom. The molecule has 4 nitrogen and oxygen atoms in total. The van der Waals surface area contributed by atoms with Crippen LogP contribution in [0.1, 0.15) is 37.5 Å². The molecule has 1 aromatic rings. The summed E-state index contributed by atoms with van der Waals surface area (Å²) in [5.74, 6) is 0.536. The van der Waals surface area contributed by atoms with Crippen molar-refractivity contribution < 1.29 is 14.3 Å². The molecule has 0 saturated carbocycles. The van der Waals surface area contributed by atoms with Crippen molar-refractivity contribution in [2.75, 3.05) is 13.1 Å². The smallest absolute Gasteiger partial charge is 0.405 e. The largest absolute Gasteiger partial charge is 0.430 e. The van der Waals surface area contributed by atoms with Crippen molar-refractivity contribution in [2.24, 2.45) is 5.92 Å². The van der Waals surface area contributed by atoms with Crippen LogP contribution in [0.25, 0.3) is 0 Å². The molecule has 1 heterocycles. The Morgan fingerprint density at radius 2 is 2.00 bits per heavy atom. The Morgan fingerprint density at radius 1 is 1.35 bits per heavy atom. The van der Waals surface area contributed by atoms with Crippen molar-refractivity contribution in [3.05, 3.63) is 35.9 Å². The van der Waals surface area contributed by atoms with Gasteiger partial charge >= 0.3 is 5.43 Å². The first kappa shape index (κ1) is 18.4. The van der Waals surface area contributed by atoms with Crippen LogP contribution >= 0.6 is 27.5 Å². The molecule has 0 radical (unpaired) electrons. The van der Waals surface area contributed by atoms with Crippen molar-refractivity contribution in [1.82, 2.24) is 4.90 Å². The fourth-order valence-electron chi connectivity index (χ4n) is 3.04. The molecule has 0 aliphatic carbocycles. The second kappa shape index (κ2) is 9.40. The molecule has 0 amide bonds. The summed E-state index contributed by atoms with van der Waals surface area (Å²) >= 11 is 9.15. The van der Waals surface area contributed by atoms with Crippen LogP contribution in [0.2, 0.25) is 0 Å². The molecule has 0 bridgehead atoms. The number of piperidine rings is 1. The third kappa shape index (κ3) is 5.59. The van der Waals surface area contributed by atoms with E-state index in [1.165, 1.54) is 0 Å². The summed E-state index contributed by atoms with van der Waals surface area (Å²) in [6.45, 7) is 1.66. The van der Waals surface area contributed by atoms with E-state index in [2.05, 4.69) is 20.8 Å². The molecule has 1 aliphatic heterocycles. The maximum absolute atomic E-state index is 11.2. The maximum Gasteiger partial charge on any atom is 0.405 e. The quantitative estimate of drug-likeness (QED) is 0.382. The number of hydrogen-bond acceptors (Lipinski definition) is 4. The summed E-state index contributed by atoms with van der Waals surface area (Å²) in [4.78, 5) is 24.2. The van der Waals surface area contributed by atoms with Crippen LogP contribution in [0.4, 0.5) is 4.79 Å². The molecule has 2 rings (SSSR count). The molecule has 1 aromatic carbocycles. The third-order valence-corrected chi connectivity index (χ3v) is 5.56. The Labute approximate surface area is 150 Å². The monoisotopic (exact) mass is 401 g/mol. The van der Waals surface area contributed by atoms with Gasteiger partial charge in [0.25, 0.3) is 0 Å². The predicted molar refractivity (Wildman–Crippen MR) is 93.8 cm³/mol. The molecular formula is C17H21BrClNO3. The average molecular weight is 403 g/mol. The summed E-state index contributed by atoms with van der Waals surface area (Å²) < 4.78 is 5.33. The van der Waals surface area contributed by atoms with E-state index in [0.717, 1.165) is 44.2 Å². The lowest BCUT2D eigenvalue weighted by molar-refractivity contribution is -0.107. The Balaban J connectivity index is 1.97. The van der Waals surface area contributed by atoms with E-state index in [4.69, 9.17) is 16.3 Å². The molecule has 2 atom stereocenters. The number of alkyl halides is 1. The second-order valence-corrected chi connectivity index (χ2v) is 7.24. The molecule has 0 spiro atoms. The summed E-state index contributed by atoms with van der Waals surface area (Å²) in [6, 6.07) is 9.65. The topological polar surface area (TPSA) is 46.6 Å². The summed E-state index contributed by atoms with van der Waals surface area (Å²) in [6.07, 6.45) is 3.98. The normalized spacial score (nSPS) is 19.0. The van der Waals surface area contributed by atoms with E-state index in [9.17, 15) is 9.59 Å². The van der Waals surface area contributed by atoms with E-state index >= 15 is 0 Å². The van der Waals surface area contributed by atoms with E-state index < -0.39 is 11.7 Å². The molecule has 6 heteroatoms. The van der Waals surface area contributed by atoms with Gasteiger partial charge in [0, 0.05) is 41.5 Å². The number of halogens is 2. The van der Waals surface area contributed by atoms with Gasteiger partial charge in [-0.25, -0.2) is 4.79 Å². The fourth-order valence-corrected chi connectivity index (χ4v) is 3.91. The number of likely N-dealkylation sites (tertiary alicyclic amines) is 1. The van der Waals surface area contributed by atoms with Crippen molar-refractivity contribution in [3.63, 3.8) is 0 Å². The number of benzene rings is 1. The van der Waals surface area contributed by atoms with Crippen LogP contribution in [0.5, 0.6) is 0 Å². The lowest BCUT2D eigenvalue weighted by Gasteiger charge is -2.38. The number of rotatable bonds is 7. The van der Waals surface area contributed by atoms with E-state index in [1.54, 1.807) is 0 Å². The first-order chi connectivity index (χ1) is 11.1. The molecule has 0 aromatic heterocycles. The van der Waals surface area contributed by atoms with Crippen LogP contribution in [0.15, 0.2) is 30.3 Å². The minimum absolute atomic E-state index is 0.362. The highest BCUT2D eigenvalue weighted by molar-refractivity contribution is 9.09. The molecule has 23 heavy (non-hydrogen) atoms. The highest BCUT2D eigenvalue weighted by atomic mass is 79.9. The Bertz CT molecular complexity index is 506. The molecule has 1 saturated heterocycles. The Kier molecular flexibility index (Phi) is 7.53. The van der Waals surface area contributed by atoms with Gasteiger partial charge < -0.3 is 9.53 Å². The summed E-state index contributed by atoms with van der Waals surface area (Å²) in [5, 5.41) is 0. The van der Waals surface area contributed by atoms with E-state index in [0.29, 0.717) is 17.2 Å². The van der Waals surface area contributed by atoms with E-state index in [-0.39, 0.29) is 0 Å². The molecule has 2 unspecified atom stereocenters. The van der Waals surface area contributed by atoms with Crippen LogP contribution in [0.3, 0.4) is 0 Å². The zero-order valence-electron chi connectivity index (χ0n) is 12.9. The average Bonchev–Trinajstić information content (AvgIpc) is 2.58. The van der Waals surface area contributed by atoms with Crippen LogP contribution in [-0.2, 0) is 9.53 Å². The predicted octanol–water partition coefficient (Wildman–Crippen LogP) is 4.52. The highest BCUT2D eigenvalue weighted by Crippen LogP contribution is 2.33. The third-order valence-electron chi connectivity index (χ3n) is 4.27. The maximum atomic E-state index is 11.2. The zero-order chi connectivity index (χ0) is 16.7. The number of nitrogens with zero attached hydrogens (tertiary/aromatic N) is 1. The molecule has 1 aliphatic rings. The van der Waals surface area contributed by atoms with Gasteiger partial charge in [-0.1, -0.05) is 46.3 Å². The highest BCUT2D eigenvalue weighted by Gasteiger charge is 2.30. The fraction of sp³-hybridized carbons (Fsp3) is 0.529. The van der Waals surface area contributed by atoms with Gasteiger partial charge in [0.15, 0.2) is 6.23 Å². The van der Waals surface area contributed by atoms with Gasteiger partial charge in [0.1, 0.15) is 6.29 Å². The van der Waals surface area contributed by atoms with Gasteiger partial charge in [-0.2, -0.15) is 0 Å². The van der Waals surface area contributed by atoms with Crippen molar-refractivity contribution >= 4 is 39.2 Å². The van der Waals surface area contributed by atoms with E-state index in [1.807, 2.05) is 30.3 Å². The lowest BCUT2D eigenvalue weighted by Crippen LogP contribution is -2.40. The van der Waals surface area contributed by atoms with Gasteiger partial charge in [-0.05, 0) is 25.2 Å². The molecule has 1 fully saturated rings. The number of carbonyl (C=O) groups is 2. The minimum atomic E-state index is -0.787. The van der Waals surface area contributed by atoms with Gasteiger partial charge in [-0.3, -0.25) is 4.90 Å². The number of aldehydes is 1. The van der Waals surface area contributed by atoms with Crippen LogP contribution in [0, 0.1) is 5.92 Å². The number of carbonyl (C=O) groups excluding carboxylic acids is 2.